The van der Waals surface area contributed by atoms with Crippen molar-refractivity contribution in [3.8, 4) is 17.0 Å². The number of methoxy groups -OCH3 is 1. The third-order valence-electron chi connectivity index (χ3n) is 4.63. The molecule has 0 amide bonds. The molecule has 0 fully saturated rings. The van der Waals surface area contributed by atoms with Crippen molar-refractivity contribution in [2.75, 3.05) is 7.11 Å². The third-order valence-corrected chi connectivity index (χ3v) is 6.09. The first-order valence-electron chi connectivity index (χ1n) is 8.29. The van der Waals surface area contributed by atoms with Crippen molar-refractivity contribution < 1.29 is 4.74 Å². The highest BCUT2D eigenvalue weighted by atomic mass is 35.5. The summed E-state index contributed by atoms with van der Waals surface area (Å²) in [6, 6.07) is 22.5. The summed E-state index contributed by atoms with van der Waals surface area (Å²) < 4.78 is 7.92. The van der Waals surface area contributed by atoms with E-state index in [-0.39, 0.29) is 0 Å². The van der Waals surface area contributed by atoms with E-state index in [0.717, 1.165) is 32.9 Å². The minimum Gasteiger partial charge on any atom is -0.497 e. The van der Waals surface area contributed by atoms with Gasteiger partial charge in [0.05, 0.1) is 18.3 Å². The van der Waals surface area contributed by atoms with Crippen molar-refractivity contribution in [2.24, 2.45) is 0 Å². The van der Waals surface area contributed by atoms with Gasteiger partial charge in [-0.15, -0.1) is 11.3 Å². The Labute approximate surface area is 159 Å². The molecule has 0 saturated carbocycles. The molecular weight excluding hydrogens is 362 g/mol. The van der Waals surface area contributed by atoms with Gasteiger partial charge in [0.15, 0.2) is 0 Å². The minimum atomic E-state index is 0.725. The monoisotopic (exact) mass is 375 g/mol. The maximum Gasteiger partial charge on any atom is 0.121 e. The molecule has 0 N–H and O–H groups in total. The first kappa shape index (κ1) is 15.6. The lowest BCUT2D eigenvalue weighted by Gasteiger charge is -2.09. The number of fused-ring (bicyclic) bond motifs is 5. The molecule has 0 atom stereocenters. The highest BCUT2D eigenvalue weighted by molar-refractivity contribution is 7.26. The van der Waals surface area contributed by atoms with E-state index >= 15 is 0 Å². The van der Waals surface area contributed by atoms with E-state index in [1.807, 2.05) is 47.7 Å². The lowest BCUT2D eigenvalue weighted by atomic mass is 10.0. The first-order valence-corrected chi connectivity index (χ1v) is 9.49. The van der Waals surface area contributed by atoms with Gasteiger partial charge in [0.2, 0.25) is 0 Å². The van der Waals surface area contributed by atoms with Crippen molar-refractivity contribution >= 4 is 54.0 Å². The second kappa shape index (κ2) is 5.97. The zero-order chi connectivity index (χ0) is 17.7. The van der Waals surface area contributed by atoms with Crippen molar-refractivity contribution in [1.82, 2.24) is 4.98 Å². The fourth-order valence-electron chi connectivity index (χ4n) is 3.39. The van der Waals surface area contributed by atoms with E-state index in [2.05, 4.69) is 30.3 Å². The number of hydrogen-bond donors (Lipinski definition) is 0. The van der Waals surface area contributed by atoms with Gasteiger partial charge in [-0.3, -0.25) is 0 Å². The number of ether oxygens (including phenoxy) is 1. The van der Waals surface area contributed by atoms with E-state index in [9.17, 15) is 0 Å². The van der Waals surface area contributed by atoms with Crippen LogP contribution in [0.2, 0.25) is 5.02 Å². The smallest absolute Gasteiger partial charge is 0.121 e. The molecule has 5 rings (SSSR count). The Bertz CT molecular complexity index is 1270. The van der Waals surface area contributed by atoms with Gasteiger partial charge in [-0.2, -0.15) is 0 Å². The summed E-state index contributed by atoms with van der Waals surface area (Å²) in [5.74, 6) is 0.813. The summed E-state index contributed by atoms with van der Waals surface area (Å²) in [7, 11) is 1.68. The standard InChI is InChI=1S/C22H14ClNOS/c1-25-15-10-11-16-18(12-15)24-21(13-6-8-14(23)9-7-13)20-17-4-2-3-5-19(17)26-22(16)20/h2-12H,1H3. The molecule has 0 aliphatic rings. The van der Waals surface area contributed by atoms with Crippen LogP contribution in [0, 0.1) is 0 Å². The minimum absolute atomic E-state index is 0.725. The van der Waals surface area contributed by atoms with Crippen molar-refractivity contribution in [1.29, 1.82) is 0 Å². The maximum absolute atomic E-state index is 6.09. The average Bonchev–Trinajstić information content (AvgIpc) is 3.07. The van der Waals surface area contributed by atoms with E-state index in [4.69, 9.17) is 21.3 Å². The van der Waals surface area contributed by atoms with Crippen molar-refractivity contribution in [3.05, 3.63) is 71.8 Å². The van der Waals surface area contributed by atoms with Crippen LogP contribution in [0.25, 0.3) is 42.3 Å². The van der Waals surface area contributed by atoms with Crippen LogP contribution >= 0.6 is 22.9 Å². The molecule has 0 bridgehead atoms. The van der Waals surface area contributed by atoms with Gasteiger partial charge in [-0.25, -0.2) is 4.98 Å². The fourth-order valence-corrected chi connectivity index (χ4v) is 4.75. The first-order chi connectivity index (χ1) is 12.7. The van der Waals surface area contributed by atoms with Crippen molar-refractivity contribution in [2.45, 2.75) is 0 Å². The fraction of sp³-hybridized carbons (Fsp3) is 0.0455. The molecule has 0 aliphatic heterocycles. The van der Waals surface area contributed by atoms with Crippen LogP contribution in [-0.2, 0) is 0 Å². The van der Waals surface area contributed by atoms with Gasteiger partial charge < -0.3 is 4.74 Å². The van der Waals surface area contributed by atoms with Gasteiger partial charge in [-0.1, -0.05) is 41.9 Å². The Morgan fingerprint density at radius 3 is 2.54 bits per heavy atom. The molecule has 5 aromatic rings. The molecule has 3 aromatic carbocycles. The quantitative estimate of drug-likeness (QED) is 0.333. The SMILES string of the molecule is COc1ccc2c(c1)nc(-c1ccc(Cl)cc1)c1c3ccccc3sc21. The zero-order valence-electron chi connectivity index (χ0n) is 14.0. The molecule has 2 nitrogen and oxygen atoms in total. The highest BCUT2D eigenvalue weighted by Crippen LogP contribution is 2.43. The van der Waals surface area contributed by atoms with Gasteiger partial charge in [0, 0.05) is 42.2 Å². The molecular formula is C22H14ClNOS. The number of nitrogens with zero attached hydrogens (tertiary/aromatic N) is 1. The molecule has 2 aromatic heterocycles. The van der Waals surface area contributed by atoms with Gasteiger partial charge >= 0.3 is 0 Å². The summed E-state index contributed by atoms with van der Waals surface area (Å²) in [5, 5.41) is 4.32. The number of thiophene rings is 1. The maximum atomic E-state index is 6.09. The van der Waals surface area contributed by atoms with E-state index in [0.29, 0.717) is 0 Å². The lowest BCUT2D eigenvalue weighted by molar-refractivity contribution is 0.415. The second-order valence-corrected chi connectivity index (χ2v) is 7.64. The summed E-state index contributed by atoms with van der Waals surface area (Å²) in [6.07, 6.45) is 0. The Kier molecular flexibility index (Phi) is 3.59. The third kappa shape index (κ3) is 2.36. The Hall–Kier alpha value is -2.62. The van der Waals surface area contributed by atoms with Gasteiger partial charge in [0.1, 0.15) is 5.75 Å². The normalized spacial score (nSPS) is 11.5. The van der Waals surface area contributed by atoms with Crippen LogP contribution < -0.4 is 4.74 Å². The Morgan fingerprint density at radius 1 is 0.923 bits per heavy atom. The number of pyridine rings is 1. The molecule has 0 unspecified atom stereocenters. The van der Waals surface area contributed by atoms with Crippen LogP contribution in [0.3, 0.4) is 0 Å². The molecule has 0 radical (unpaired) electrons. The number of halogens is 1. The molecule has 2 heterocycles. The lowest BCUT2D eigenvalue weighted by Crippen LogP contribution is -1.89. The predicted molar refractivity (Wildman–Crippen MR) is 112 cm³/mol. The zero-order valence-corrected chi connectivity index (χ0v) is 15.6. The topological polar surface area (TPSA) is 22.1 Å². The van der Waals surface area contributed by atoms with Gasteiger partial charge in [0.25, 0.3) is 0 Å². The van der Waals surface area contributed by atoms with Crippen LogP contribution in [0.4, 0.5) is 0 Å². The molecule has 0 spiro atoms. The summed E-state index contributed by atoms with van der Waals surface area (Å²) in [6.45, 7) is 0. The Balaban J connectivity index is 1.97. The average molecular weight is 376 g/mol. The molecule has 26 heavy (non-hydrogen) atoms. The summed E-state index contributed by atoms with van der Waals surface area (Å²) >= 11 is 7.90. The van der Waals surface area contributed by atoms with E-state index < -0.39 is 0 Å². The van der Waals surface area contributed by atoms with Crippen LogP contribution in [-0.4, -0.2) is 12.1 Å². The Morgan fingerprint density at radius 2 is 1.73 bits per heavy atom. The molecule has 0 saturated heterocycles. The molecule has 0 aliphatic carbocycles. The number of hydrogen-bond acceptors (Lipinski definition) is 3. The van der Waals surface area contributed by atoms with Gasteiger partial charge in [-0.05, 0) is 30.3 Å². The molecule has 126 valence electrons. The second-order valence-electron chi connectivity index (χ2n) is 6.15. The van der Waals surface area contributed by atoms with E-state index in [1.54, 1.807) is 7.11 Å². The number of benzene rings is 3. The predicted octanol–water partition coefficient (Wildman–Crippen LogP) is 6.93. The highest BCUT2D eigenvalue weighted by Gasteiger charge is 2.16. The number of aromatic nitrogens is 1. The largest absolute Gasteiger partial charge is 0.497 e. The van der Waals surface area contributed by atoms with Crippen LogP contribution in [0.5, 0.6) is 5.75 Å². The van der Waals surface area contributed by atoms with Crippen LogP contribution in [0.15, 0.2) is 66.7 Å². The van der Waals surface area contributed by atoms with Crippen LogP contribution in [0.1, 0.15) is 0 Å². The summed E-state index contributed by atoms with van der Waals surface area (Å²) in [4.78, 5) is 5.02. The molecule has 4 heteroatoms. The van der Waals surface area contributed by atoms with Crippen molar-refractivity contribution in [3.63, 3.8) is 0 Å². The summed E-state index contributed by atoms with van der Waals surface area (Å²) in [5.41, 5.74) is 2.98. The van der Waals surface area contributed by atoms with E-state index in [1.165, 1.54) is 20.2 Å². The number of rotatable bonds is 2.